The van der Waals surface area contributed by atoms with Crippen LogP contribution >= 0.6 is 11.6 Å². The van der Waals surface area contributed by atoms with Crippen LogP contribution in [0.4, 0.5) is 13.2 Å². The van der Waals surface area contributed by atoms with E-state index in [1.54, 1.807) is 0 Å². The Morgan fingerprint density at radius 1 is 1.14 bits per heavy atom. The molecule has 1 amide bonds. The lowest BCUT2D eigenvalue weighted by atomic mass is 10.1. The number of carbonyl (C=O) groups is 1. The zero-order chi connectivity index (χ0) is 20.3. The van der Waals surface area contributed by atoms with Gasteiger partial charge in [0, 0.05) is 31.1 Å². The normalized spacial score (nSPS) is 11.5. The van der Waals surface area contributed by atoms with Gasteiger partial charge >= 0.3 is 6.18 Å². The highest BCUT2D eigenvalue weighted by Crippen LogP contribution is 2.35. The van der Waals surface area contributed by atoms with Gasteiger partial charge in [-0.05, 0) is 18.2 Å². The number of carbonyl (C=O) groups excluding carboxylic acids is 1. The summed E-state index contributed by atoms with van der Waals surface area (Å²) in [7, 11) is 1.81. The van der Waals surface area contributed by atoms with Gasteiger partial charge in [-0.2, -0.15) is 13.2 Å². The molecule has 0 atom stereocenters. The summed E-state index contributed by atoms with van der Waals surface area (Å²) in [4.78, 5) is 12.2. The predicted molar refractivity (Wildman–Crippen MR) is 98.9 cm³/mol. The number of rotatable bonds is 5. The van der Waals surface area contributed by atoms with Gasteiger partial charge in [-0.3, -0.25) is 4.79 Å². The maximum Gasteiger partial charge on any atom is 0.417 e. The molecule has 3 aromatic rings. The number of aromatic nitrogens is 3. The lowest BCUT2D eigenvalue weighted by Crippen LogP contribution is -2.26. The molecule has 3 rings (SSSR count). The number of alkyl halides is 3. The zero-order valence-electron chi connectivity index (χ0n) is 14.8. The van der Waals surface area contributed by atoms with Gasteiger partial charge in [0.2, 0.25) is 0 Å². The second-order valence-corrected chi connectivity index (χ2v) is 6.47. The molecule has 0 aliphatic heterocycles. The highest BCUT2D eigenvalue weighted by Gasteiger charge is 2.33. The van der Waals surface area contributed by atoms with Gasteiger partial charge in [-0.1, -0.05) is 41.9 Å². The zero-order valence-corrected chi connectivity index (χ0v) is 15.6. The van der Waals surface area contributed by atoms with E-state index in [4.69, 9.17) is 11.6 Å². The predicted octanol–water partition coefficient (Wildman–Crippen LogP) is 4.13. The third kappa shape index (κ3) is 4.33. The molecule has 0 fully saturated rings. The SMILES string of the molecule is Cn1c(CCNC(=O)c2ccc(Cl)c(C(F)(F)F)c2)nnc1-c1ccccc1. The Morgan fingerprint density at radius 3 is 2.54 bits per heavy atom. The molecule has 1 N–H and O–H groups in total. The van der Waals surface area contributed by atoms with Crippen molar-refractivity contribution in [3.8, 4) is 11.4 Å². The molecule has 0 aliphatic carbocycles. The molecule has 28 heavy (non-hydrogen) atoms. The highest BCUT2D eigenvalue weighted by atomic mass is 35.5. The van der Waals surface area contributed by atoms with Crippen molar-refractivity contribution in [1.29, 1.82) is 0 Å². The van der Waals surface area contributed by atoms with Gasteiger partial charge in [0.15, 0.2) is 5.82 Å². The third-order valence-corrected chi connectivity index (χ3v) is 4.49. The minimum Gasteiger partial charge on any atom is -0.352 e. The number of nitrogens with zero attached hydrogens (tertiary/aromatic N) is 3. The Labute approximate surface area is 164 Å². The van der Waals surface area contributed by atoms with E-state index in [1.165, 1.54) is 6.07 Å². The fourth-order valence-corrected chi connectivity index (χ4v) is 2.92. The molecule has 0 aliphatic rings. The van der Waals surface area contributed by atoms with Gasteiger partial charge in [0.25, 0.3) is 5.91 Å². The van der Waals surface area contributed by atoms with Crippen molar-refractivity contribution in [2.45, 2.75) is 12.6 Å². The van der Waals surface area contributed by atoms with Crippen LogP contribution in [0, 0.1) is 0 Å². The largest absolute Gasteiger partial charge is 0.417 e. The highest BCUT2D eigenvalue weighted by molar-refractivity contribution is 6.31. The first-order chi connectivity index (χ1) is 13.3. The van der Waals surface area contributed by atoms with Gasteiger partial charge in [0.05, 0.1) is 10.6 Å². The van der Waals surface area contributed by atoms with Crippen molar-refractivity contribution in [2.24, 2.45) is 7.05 Å². The Balaban J connectivity index is 1.65. The molecule has 1 heterocycles. The Hall–Kier alpha value is -2.87. The minimum absolute atomic E-state index is 0.111. The molecule has 2 aromatic carbocycles. The molecule has 0 radical (unpaired) electrons. The van der Waals surface area contributed by atoms with E-state index in [0.717, 1.165) is 17.7 Å². The average Bonchev–Trinajstić information content (AvgIpc) is 3.02. The first-order valence-corrected chi connectivity index (χ1v) is 8.74. The number of benzene rings is 2. The second kappa shape index (κ2) is 8.02. The summed E-state index contributed by atoms with van der Waals surface area (Å²) >= 11 is 5.57. The van der Waals surface area contributed by atoms with Crippen LogP contribution < -0.4 is 5.32 Å². The summed E-state index contributed by atoms with van der Waals surface area (Å²) in [5.41, 5.74) is -0.240. The number of hydrogen-bond acceptors (Lipinski definition) is 3. The van der Waals surface area contributed by atoms with Crippen molar-refractivity contribution in [1.82, 2.24) is 20.1 Å². The van der Waals surface area contributed by atoms with Crippen LogP contribution in [0.15, 0.2) is 48.5 Å². The van der Waals surface area contributed by atoms with E-state index >= 15 is 0 Å². The monoisotopic (exact) mass is 408 g/mol. The number of amides is 1. The first-order valence-electron chi connectivity index (χ1n) is 8.36. The summed E-state index contributed by atoms with van der Waals surface area (Å²) in [5, 5.41) is 10.4. The van der Waals surface area contributed by atoms with E-state index in [0.29, 0.717) is 18.1 Å². The van der Waals surface area contributed by atoms with Crippen molar-refractivity contribution in [3.63, 3.8) is 0 Å². The van der Waals surface area contributed by atoms with Gasteiger partial charge in [-0.25, -0.2) is 0 Å². The van der Waals surface area contributed by atoms with E-state index in [-0.39, 0.29) is 12.1 Å². The van der Waals surface area contributed by atoms with Crippen LogP contribution in [0.1, 0.15) is 21.7 Å². The molecule has 146 valence electrons. The van der Waals surface area contributed by atoms with E-state index in [1.807, 2.05) is 41.9 Å². The van der Waals surface area contributed by atoms with Crippen molar-refractivity contribution < 1.29 is 18.0 Å². The van der Waals surface area contributed by atoms with Gasteiger partial charge in [-0.15, -0.1) is 10.2 Å². The smallest absolute Gasteiger partial charge is 0.352 e. The molecular formula is C19H16ClF3N4O. The molecule has 9 heteroatoms. The van der Waals surface area contributed by atoms with Crippen molar-refractivity contribution in [2.75, 3.05) is 6.54 Å². The fraction of sp³-hybridized carbons (Fsp3) is 0.211. The number of halogens is 4. The van der Waals surface area contributed by atoms with Crippen LogP contribution in [-0.4, -0.2) is 27.2 Å². The molecule has 0 unspecified atom stereocenters. The minimum atomic E-state index is -4.63. The molecule has 0 saturated heterocycles. The van der Waals surface area contributed by atoms with E-state index in [2.05, 4.69) is 15.5 Å². The van der Waals surface area contributed by atoms with E-state index < -0.39 is 22.7 Å². The standard InChI is InChI=1S/C19H16ClF3N4O/c1-27-16(25-26-17(27)12-5-3-2-4-6-12)9-10-24-18(28)13-7-8-15(20)14(11-13)19(21,22)23/h2-8,11H,9-10H2,1H3,(H,24,28). The number of nitrogens with one attached hydrogen (secondary N) is 1. The first kappa shape index (κ1) is 19.9. The number of hydrogen-bond donors (Lipinski definition) is 1. The Kier molecular flexibility index (Phi) is 5.69. The third-order valence-electron chi connectivity index (χ3n) is 4.17. The fourth-order valence-electron chi connectivity index (χ4n) is 2.69. The van der Waals surface area contributed by atoms with Crippen molar-refractivity contribution >= 4 is 17.5 Å². The van der Waals surface area contributed by atoms with Gasteiger partial charge in [0.1, 0.15) is 5.82 Å². The maximum absolute atomic E-state index is 12.9. The summed E-state index contributed by atoms with van der Waals surface area (Å²) in [5.74, 6) is 0.716. The van der Waals surface area contributed by atoms with Crippen molar-refractivity contribution in [3.05, 3.63) is 70.5 Å². The van der Waals surface area contributed by atoms with Crippen LogP contribution in [0.5, 0.6) is 0 Å². The lowest BCUT2D eigenvalue weighted by molar-refractivity contribution is -0.137. The topological polar surface area (TPSA) is 59.8 Å². The van der Waals surface area contributed by atoms with Gasteiger partial charge < -0.3 is 9.88 Å². The lowest BCUT2D eigenvalue weighted by Gasteiger charge is -2.11. The van der Waals surface area contributed by atoms with Crippen LogP contribution in [0.25, 0.3) is 11.4 Å². The van der Waals surface area contributed by atoms with Crippen LogP contribution in [0.3, 0.4) is 0 Å². The summed E-state index contributed by atoms with van der Waals surface area (Å²) < 4.78 is 40.6. The Bertz CT molecular complexity index is 987. The summed E-state index contributed by atoms with van der Waals surface area (Å²) in [6.07, 6.45) is -4.25. The molecule has 0 spiro atoms. The molecule has 5 nitrogen and oxygen atoms in total. The van der Waals surface area contributed by atoms with Crippen LogP contribution in [-0.2, 0) is 19.6 Å². The molecule has 1 aromatic heterocycles. The second-order valence-electron chi connectivity index (χ2n) is 6.06. The van der Waals surface area contributed by atoms with E-state index in [9.17, 15) is 18.0 Å². The quantitative estimate of drug-likeness (QED) is 0.690. The summed E-state index contributed by atoms with van der Waals surface area (Å²) in [6, 6.07) is 12.6. The summed E-state index contributed by atoms with van der Waals surface area (Å²) in [6.45, 7) is 0.198. The maximum atomic E-state index is 12.9. The van der Waals surface area contributed by atoms with Crippen LogP contribution in [0.2, 0.25) is 5.02 Å². The molecular weight excluding hydrogens is 393 g/mol. The molecule has 0 bridgehead atoms. The molecule has 0 saturated carbocycles. The Morgan fingerprint density at radius 2 is 1.86 bits per heavy atom. The average molecular weight is 409 g/mol.